The third-order valence-electron chi connectivity index (χ3n) is 2.98. The number of pyridine rings is 1. The van der Waals surface area contributed by atoms with Crippen molar-refractivity contribution in [3.05, 3.63) is 72.1 Å². The van der Waals surface area contributed by atoms with Gasteiger partial charge in [-0.2, -0.15) is 0 Å². The minimum absolute atomic E-state index is 0.169. The van der Waals surface area contributed by atoms with Crippen molar-refractivity contribution in [2.75, 3.05) is 11.9 Å². The van der Waals surface area contributed by atoms with E-state index in [0.717, 1.165) is 11.3 Å². The first-order valence-corrected chi connectivity index (χ1v) is 7.53. The number of anilines is 1. The molecule has 0 spiro atoms. The molecule has 0 fully saturated rings. The zero-order valence-electron chi connectivity index (χ0n) is 13.3. The molecule has 5 heteroatoms. The van der Waals surface area contributed by atoms with Crippen LogP contribution in [0.1, 0.15) is 18.2 Å². The molecule has 122 valence electrons. The topological polar surface area (TPSA) is 68.3 Å². The summed E-state index contributed by atoms with van der Waals surface area (Å²) in [5.74, 6) is -1.67. The van der Waals surface area contributed by atoms with E-state index in [1.807, 2.05) is 54.6 Å². The third kappa shape index (κ3) is 5.53. The number of nitrogens with zero attached hydrogens (tertiary/aromatic N) is 1. The Labute approximate surface area is 140 Å². The second-order valence-corrected chi connectivity index (χ2v) is 4.77. The van der Waals surface area contributed by atoms with Gasteiger partial charge in [-0.1, -0.05) is 36.4 Å². The number of hydrogen-bond donors (Lipinski definition) is 1. The molecular weight excluding hydrogens is 304 g/mol. The molecule has 0 saturated heterocycles. The summed E-state index contributed by atoms with van der Waals surface area (Å²) < 4.78 is 4.63. The maximum atomic E-state index is 11.5. The lowest BCUT2D eigenvalue weighted by molar-refractivity contribution is -0.152. The van der Waals surface area contributed by atoms with Crippen LogP contribution < -0.4 is 5.32 Å². The van der Waals surface area contributed by atoms with Crippen molar-refractivity contribution >= 4 is 29.7 Å². The first-order chi connectivity index (χ1) is 11.7. The molecule has 1 heterocycles. The van der Waals surface area contributed by atoms with Crippen LogP contribution in [0.25, 0.3) is 12.2 Å². The van der Waals surface area contributed by atoms with Crippen LogP contribution in [0.15, 0.2) is 60.8 Å². The second kappa shape index (κ2) is 9.05. The SMILES string of the molecule is CCOC(=O)C(=O)Nc1ccc(C=CC=Cc2ccccn2)cc1. The minimum Gasteiger partial charge on any atom is -0.459 e. The minimum atomic E-state index is -0.888. The number of nitrogens with one attached hydrogen (secondary N) is 1. The van der Waals surface area contributed by atoms with E-state index >= 15 is 0 Å². The lowest BCUT2D eigenvalue weighted by atomic mass is 10.2. The Hall–Kier alpha value is -3.21. The molecule has 1 aromatic heterocycles. The smallest absolute Gasteiger partial charge is 0.397 e. The Kier molecular flexibility index (Phi) is 6.46. The van der Waals surface area contributed by atoms with Crippen LogP contribution in [0, 0.1) is 0 Å². The standard InChI is InChI=1S/C19H18N2O3/c1-2-24-19(23)18(22)21-17-12-10-15(11-13-17)7-3-4-8-16-9-5-6-14-20-16/h3-14H,2H2,1H3,(H,21,22). The Morgan fingerprint density at radius 1 is 1.08 bits per heavy atom. The number of carbonyl (C=O) groups is 2. The average molecular weight is 322 g/mol. The van der Waals surface area contributed by atoms with Gasteiger partial charge in [-0.3, -0.25) is 9.78 Å². The Bertz CT molecular complexity index is 735. The molecule has 2 rings (SSSR count). The van der Waals surface area contributed by atoms with Crippen LogP contribution in [0.3, 0.4) is 0 Å². The highest BCUT2D eigenvalue weighted by Crippen LogP contribution is 2.11. The number of carbonyl (C=O) groups excluding carboxylic acids is 2. The Morgan fingerprint density at radius 3 is 2.50 bits per heavy atom. The van der Waals surface area contributed by atoms with Gasteiger partial charge >= 0.3 is 11.9 Å². The van der Waals surface area contributed by atoms with Gasteiger partial charge < -0.3 is 10.1 Å². The van der Waals surface area contributed by atoms with Gasteiger partial charge in [0, 0.05) is 11.9 Å². The van der Waals surface area contributed by atoms with Gasteiger partial charge in [0.1, 0.15) is 0 Å². The summed E-state index contributed by atoms with van der Waals surface area (Å²) in [4.78, 5) is 27.0. The maximum absolute atomic E-state index is 11.5. The molecule has 1 aromatic carbocycles. The molecule has 0 aliphatic heterocycles. The summed E-state index contributed by atoms with van der Waals surface area (Å²) in [6.07, 6.45) is 9.38. The molecule has 0 atom stereocenters. The van der Waals surface area contributed by atoms with Crippen molar-refractivity contribution < 1.29 is 14.3 Å². The number of ether oxygens (including phenoxy) is 1. The van der Waals surface area contributed by atoms with Crippen LogP contribution in [0.5, 0.6) is 0 Å². The van der Waals surface area contributed by atoms with Gasteiger partial charge in [-0.15, -0.1) is 0 Å². The normalized spacial score (nSPS) is 10.9. The van der Waals surface area contributed by atoms with Crippen molar-refractivity contribution in [2.24, 2.45) is 0 Å². The molecule has 0 bridgehead atoms. The number of allylic oxidation sites excluding steroid dienone is 2. The van der Waals surface area contributed by atoms with E-state index < -0.39 is 11.9 Å². The summed E-state index contributed by atoms with van der Waals surface area (Å²) in [6, 6.07) is 12.8. The summed E-state index contributed by atoms with van der Waals surface area (Å²) in [5.41, 5.74) is 2.39. The summed E-state index contributed by atoms with van der Waals surface area (Å²) >= 11 is 0. The lowest BCUT2D eigenvalue weighted by Crippen LogP contribution is -2.24. The molecule has 1 amide bonds. The van der Waals surface area contributed by atoms with Gasteiger partial charge in [0.25, 0.3) is 0 Å². The van der Waals surface area contributed by atoms with Crippen molar-refractivity contribution in [3.8, 4) is 0 Å². The van der Waals surface area contributed by atoms with Gasteiger partial charge in [-0.05, 0) is 42.8 Å². The Balaban J connectivity index is 1.90. The number of hydrogen-bond acceptors (Lipinski definition) is 4. The quantitative estimate of drug-likeness (QED) is 0.521. The van der Waals surface area contributed by atoms with Crippen LogP contribution >= 0.6 is 0 Å². The van der Waals surface area contributed by atoms with Crippen molar-refractivity contribution in [1.29, 1.82) is 0 Å². The van der Waals surface area contributed by atoms with Gasteiger partial charge in [0.2, 0.25) is 0 Å². The van der Waals surface area contributed by atoms with E-state index in [9.17, 15) is 9.59 Å². The van der Waals surface area contributed by atoms with E-state index in [4.69, 9.17) is 0 Å². The second-order valence-electron chi connectivity index (χ2n) is 4.77. The largest absolute Gasteiger partial charge is 0.459 e. The molecule has 0 unspecified atom stereocenters. The summed E-state index contributed by atoms with van der Waals surface area (Å²) in [7, 11) is 0. The van der Waals surface area contributed by atoms with Crippen LogP contribution in [0.4, 0.5) is 5.69 Å². The van der Waals surface area contributed by atoms with Crippen LogP contribution in [0.2, 0.25) is 0 Å². The monoisotopic (exact) mass is 322 g/mol. The van der Waals surface area contributed by atoms with Gasteiger partial charge in [0.05, 0.1) is 12.3 Å². The van der Waals surface area contributed by atoms with Crippen molar-refractivity contribution in [3.63, 3.8) is 0 Å². The number of esters is 1. The van der Waals surface area contributed by atoms with Crippen LogP contribution in [-0.4, -0.2) is 23.5 Å². The molecule has 0 aliphatic rings. The number of aromatic nitrogens is 1. The zero-order chi connectivity index (χ0) is 17.2. The molecule has 0 saturated carbocycles. The molecule has 2 aromatic rings. The first kappa shape index (κ1) is 17.1. The fourth-order valence-electron chi connectivity index (χ4n) is 1.85. The van der Waals surface area contributed by atoms with E-state index in [-0.39, 0.29) is 6.61 Å². The zero-order valence-corrected chi connectivity index (χ0v) is 13.3. The third-order valence-corrected chi connectivity index (χ3v) is 2.98. The van der Waals surface area contributed by atoms with E-state index in [1.165, 1.54) is 0 Å². The molecular formula is C19H18N2O3. The summed E-state index contributed by atoms with van der Waals surface area (Å²) in [5, 5.41) is 2.48. The van der Waals surface area contributed by atoms with E-state index in [1.54, 1.807) is 25.3 Å². The van der Waals surface area contributed by atoms with Gasteiger partial charge in [0.15, 0.2) is 0 Å². The predicted octanol–water partition coefficient (Wildman–Crippen LogP) is 3.31. The fraction of sp³-hybridized carbons (Fsp3) is 0.105. The highest BCUT2D eigenvalue weighted by molar-refractivity contribution is 6.37. The van der Waals surface area contributed by atoms with Crippen LogP contribution in [-0.2, 0) is 14.3 Å². The van der Waals surface area contributed by atoms with Gasteiger partial charge in [-0.25, -0.2) is 4.79 Å². The lowest BCUT2D eigenvalue weighted by Gasteiger charge is -2.04. The Morgan fingerprint density at radius 2 is 1.83 bits per heavy atom. The number of rotatable bonds is 5. The number of amides is 1. The van der Waals surface area contributed by atoms with Crippen molar-refractivity contribution in [2.45, 2.75) is 6.92 Å². The van der Waals surface area contributed by atoms with E-state index in [0.29, 0.717) is 5.69 Å². The molecule has 24 heavy (non-hydrogen) atoms. The molecule has 0 radical (unpaired) electrons. The highest BCUT2D eigenvalue weighted by Gasteiger charge is 2.14. The van der Waals surface area contributed by atoms with E-state index in [2.05, 4.69) is 15.0 Å². The predicted molar refractivity (Wildman–Crippen MR) is 94.0 cm³/mol. The molecule has 1 N–H and O–H groups in total. The maximum Gasteiger partial charge on any atom is 0.397 e. The highest BCUT2D eigenvalue weighted by atomic mass is 16.5. The number of benzene rings is 1. The molecule has 0 aliphatic carbocycles. The molecule has 5 nitrogen and oxygen atoms in total. The fourth-order valence-corrected chi connectivity index (χ4v) is 1.85. The summed E-state index contributed by atoms with van der Waals surface area (Å²) in [6.45, 7) is 1.82. The van der Waals surface area contributed by atoms with Crippen molar-refractivity contribution in [1.82, 2.24) is 4.98 Å². The average Bonchev–Trinajstić information content (AvgIpc) is 2.61. The first-order valence-electron chi connectivity index (χ1n) is 7.53.